The van der Waals surface area contributed by atoms with Gasteiger partial charge >= 0.3 is 0 Å². The molecule has 1 aromatic carbocycles. The third-order valence-corrected chi connectivity index (χ3v) is 5.60. The van der Waals surface area contributed by atoms with E-state index in [1.807, 2.05) is 13.8 Å². The van der Waals surface area contributed by atoms with Crippen LogP contribution in [0.5, 0.6) is 0 Å². The summed E-state index contributed by atoms with van der Waals surface area (Å²) < 4.78 is 12.0. The summed E-state index contributed by atoms with van der Waals surface area (Å²) in [5, 5.41) is 7.25. The molecule has 0 saturated heterocycles. The van der Waals surface area contributed by atoms with Crippen LogP contribution in [0.4, 0.5) is 0 Å². The number of methoxy groups -OCH3 is 2. The van der Waals surface area contributed by atoms with E-state index in [4.69, 9.17) is 14.5 Å². The van der Waals surface area contributed by atoms with Gasteiger partial charge in [-0.05, 0) is 56.9 Å². The van der Waals surface area contributed by atoms with Gasteiger partial charge in [0.25, 0.3) is 5.91 Å². The Balaban J connectivity index is 1.95. The first-order chi connectivity index (χ1) is 14.3. The van der Waals surface area contributed by atoms with E-state index in [9.17, 15) is 4.79 Å². The first kappa shape index (κ1) is 21.9. The second kappa shape index (κ2) is 8.93. The zero-order valence-electron chi connectivity index (χ0n) is 18.8. The number of rotatable bonds is 7. The van der Waals surface area contributed by atoms with E-state index in [1.165, 1.54) is 36.5 Å². The molecule has 0 aliphatic carbocycles. The molecule has 3 aromatic rings. The average molecular weight is 411 g/mol. The largest absolute Gasteiger partial charge is 0.354 e. The van der Waals surface area contributed by atoms with E-state index in [1.54, 1.807) is 10.7 Å². The highest BCUT2D eigenvalue weighted by Crippen LogP contribution is 2.24. The summed E-state index contributed by atoms with van der Waals surface area (Å²) in [4.78, 5) is 17.4. The SMILES string of the molecule is COC(CNC(=O)c1cnn2c(C)c(Cc3c(C)cc(C)cc3C)c(C)nc12)OC. The third-order valence-electron chi connectivity index (χ3n) is 5.60. The summed E-state index contributed by atoms with van der Waals surface area (Å²) in [5.41, 5.74) is 9.13. The van der Waals surface area contributed by atoms with Gasteiger partial charge in [-0.1, -0.05) is 17.7 Å². The Bertz CT molecular complexity index is 1060. The summed E-state index contributed by atoms with van der Waals surface area (Å²) in [6.45, 7) is 10.7. The first-order valence-electron chi connectivity index (χ1n) is 10.0. The molecule has 160 valence electrons. The Hall–Kier alpha value is -2.77. The van der Waals surface area contributed by atoms with Crippen LogP contribution < -0.4 is 5.32 Å². The van der Waals surface area contributed by atoms with Crippen molar-refractivity contribution in [1.29, 1.82) is 0 Å². The van der Waals surface area contributed by atoms with Crippen molar-refractivity contribution in [3.05, 3.63) is 63.1 Å². The Morgan fingerprint density at radius 1 is 1.07 bits per heavy atom. The molecule has 0 saturated carbocycles. The molecule has 30 heavy (non-hydrogen) atoms. The minimum atomic E-state index is -0.500. The highest BCUT2D eigenvalue weighted by molar-refractivity contribution is 5.99. The monoisotopic (exact) mass is 410 g/mol. The molecule has 0 fully saturated rings. The van der Waals surface area contributed by atoms with Gasteiger partial charge in [-0.15, -0.1) is 0 Å². The molecule has 1 amide bonds. The average Bonchev–Trinajstić information content (AvgIpc) is 3.11. The molecular weight excluding hydrogens is 380 g/mol. The fourth-order valence-electron chi connectivity index (χ4n) is 3.93. The van der Waals surface area contributed by atoms with Crippen molar-refractivity contribution in [1.82, 2.24) is 19.9 Å². The minimum absolute atomic E-state index is 0.241. The molecule has 2 aromatic heterocycles. The maximum absolute atomic E-state index is 12.7. The maximum Gasteiger partial charge on any atom is 0.256 e. The Morgan fingerprint density at radius 2 is 1.70 bits per heavy atom. The number of benzene rings is 1. The molecule has 0 bridgehead atoms. The van der Waals surface area contributed by atoms with Crippen LogP contribution in [0.1, 0.15) is 49.6 Å². The van der Waals surface area contributed by atoms with Crippen molar-refractivity contribution in [3.63, 3.8) is 0 Å². The Morgan fingerprint density at radius 3 is 2.30 bits per heavy atom. The van der Waals surface area contributed by atoms with Crippen molar-refractivity contribution in [2.24, 2.45) is 0 Å². The second-order valence-electron chi connectivity index (χ2n) is 7.72. The van der Waals surface area contributed by atoms with E-state index < -0.39 is 6.29 Å². The number of hydrogen-bond acceptors (Lipinski definition) is 5. The lowest BCUT2D eigenvalue weighted by atomic mass is 9.93. The summed E-state index contributed by atoms with van der Waals surface area (Å²) in [5.74, 6) is -0.256. The summed E-state index contributed by atoms with van der Waals surface area (Å²) in [6.07, 6.45) is 1.84. The van der Waals surface area contributed by atoms with Gasteiger partial charge in [-0.2, -0.15) is 5.10 Å². The Labute approximate surface area is 177 Å². The number of aryl methyl sites for hydroxylation is 5. The lowest BCUT2D eigenvalue weighted by Crippen LogP contribution is -2.34. The van der Waals surface area contributed by atoms with E-state index in [2.05, 4.69) is 43.3 Å². The van der Waals surface area contributed by atoms with Gasteiger partial charge < -0.3 is 14.8 Å². The van der Waals surface area contributed by atoms with Gasteiger partial charge in [0.1, 0.15) is 5.56 Å². The number of ether oxygens (including phenoxy) is 2. The molecular formula is C23H30N4O3. The molecule has 0 unspecified atom stereocenters. The molecule has 7 heteroatoms. The standard InChI is InChI=1S/C23H30N4O3/c1-13-8-14(2)18(15(3)9-13)10-19-16(4)26-22-20(11-25-27(22)17(19)5)23(28)24-12-21(29-6)30-7/h8-9,11,21H,10,12H2,1-7H3,(H,24,28). The number of hydrogen-bond donors (Lipinski definition) is 1. The minimum Gasteiger partial charge on any atom is -0.354 e. The molecule has 0 radical (unpaired) electrons. The van der Waals surface area contributed by atoms with Crippen LogP contribution >= 0.6 is 0 Å². The van der Waals surface area contributed by atoms with Crippen molar-refractivity contribution in [2.75, 3.05) is 20.8 Å². The van der Waals surface area contributed by atoms with Crippen LogP contribution in [0.2, 0.25) is 0 Å². The molecule has 0 spiro atoms. The smallest absolute Gasteiger partial charge is 0.256 e. The van der Waals surface area contributed by atoms with Gasteiger partial charge in [0.05, 0.1) is 12.7 Å². The normalized spacial score (nSPS) is 11.5. The van der Waals surface area contributed by atoms with Crippen LogP contribution in [-0.2, 0) is 15.9 Å². The maximum atomic E-state index is 12.7. The molecule has 2 heterocycles. The molecule has 0 atom stereocenters. The van der Waals surface area contributed by atoms with E-state index in [0.29, 0.717) is 11.2 Å². The van der Waals surface area contributed by atoms with Gasteiger partial charge in [0.2, 0.25) is 0 Å². The molecule has 7 nitrogen and oxygen atoms in total. The predicted molar refractivity (Wildman–Crippen MR) is 116 cm³/mol. The van der Waals surface area contributed by atoms with Crippen LogP contribution in [0.3, 0.4) is 0 Å². The van der Waals surface area contributed by atoms with Crippen LogP contribution in [0.15, 0.2) is 18.3 Å². The zero-order valence-corrected chi connectivity index (χ0v) is 18.8. The summed E-state index contributed by atoms with van der Waals surface area (Å²) >= 11 is 0. The number of fused-ring (bicyclic) bond motifs is 1. The number of carbonyl (C=O) groups excluding carboxylic acids is 1. The Kier molecular flexibility index (Phi) is 6.53. The highest BCUT2D eigenvalue weighted by atomic mass is 16.7. The van der Waals surface area contributed by atoms with Crippen LogP contribution in [0, 0.1) is 34.6 Å². The van der Waals surface area contributed by atoms with Crippen molar-refractivity contribution >= 4 is 11.6 Å². The molecule has 1 N–H and O–H groups in total. The lowest BCUT2D eigenvalue weighted by Gasteiger charge is -2.16. The van der Waals surface area contributed by atoms with Gasteiger partial charge in [-0.25, -0.2) is 9.50 Å². The molecule has 0 aliphatic heterocycles. The quantitative estimate of drug-likeness (QED) is 0.605. The van der Waals surface area contributed by atoms with E-state index in [-0.39, 0.29) is 12.5 Å². The van der Waals surface area contributed by atoms with Gasteiger partial charge in [0.15, 0.2) is 11.9 Å². The van der Waals surface area contributed by atoms with Crippen molar-refractivity contribution in [3.8, 4) is 0 Å². The van der Waals surface area contributed by atoms with E-state index >= 15 is 0 Å². The summed E-state index contributed by atoms with van der Waals surface area (Å²) in [7, 11) is 3.06. The van der Waals surface area contributed by atoms with Gasteiger partial charge in [-0.3, -0.25) is 4.79 Å². The van der Waals surface area contributed by atoms with Gasteiger partial charge in [0, 0.05) is 32.0 Å². The number of carbonyl (C=O) groups is 1. The number of nitrogens with one attached hydrogen (secondary N) is 1. The topological polar surface area (TPSA) is 77.8 Å². The molecule has 0 aliphatic rings. The van der Waals surface area contributed by atoms with Crippen LogP contribution in [0.25, 0.3) is 5.65 Å². The fraction of sp³-hybridized carbons (Fsp3) is 0.435. The highest BCUT2D eigenvalue weighted by Gasteiger charge is 2.20. The lowest BCUT2D eigenvalue weighted by molar-refractivity contribution is -0.0974. The predicted octanol–water partition coefficient (Wildman–Crippen LogP) is 3.21. The fourth-order valence-corrected chi connectivity index (χ4v) is 3.93. The zero-order chi connectivity index (χ0) is 22.0. The number of aromatic nitrogens is 3. The number of amides is 1. The molecule has 3 rings (SSSR count). The first-order valence-corrected chi connectivity index (χ1v) is 10.0. The van der Waals surface area contributed by atoms with Crippen molar-refractivity contribution < 1.29 is 14.3 Å². The van der Waals surface area contributed by atoms with Crippen LogP contribution in [-0.4, -0.2) is 47.6 Å². The van der Waals surface area contributed by atoms with Crippen molar-refractivity contribution in [2.45, 2.75) is 47.3 Å². The number of nitrogens with zero attached hydrogens (tertiary/aromatic N) is 3. The summed E-state index contributed by atoms with van der Waals surface area (Å²) in [6, 6.07) is 4.42. The third kappa shape index (κ3) is 4.22. The second-order valence-corrected chi connectivity index (χ2v) is 7.72. The van der Waals surface area contributed by atoms with E-state index in [0.717, 1.165) is 23.4 Å².